The minimum atomic E-state index is -4.37. The molecule has 1 aromatic rings. The van der Waals surface area contributed by atoms with Crippen LogP contribution in [0.5, 0.6) is 0 Å². The molecule has 3 aliphatic carbocycles. The lowest BCUT2D eigenvalue weighted by molar-refractivity contribution is -0.162. The number of carbonyl (C=O) groups is 1. The highest BCUT2D eigenvalue weighted by atomic mass is 19.4. The van der Waals surface area contributed by atoms with Crippen molar-refractivity contribution in [3.05, 3.63) is 35.4 Å². The van der Waals surface area contributed by atoms with Gasteiger partial charge in [-0.1, -0.05) is 25.0 Å². The zero-order chi connectivity index (χ0) is 18.2. The number of benzene rings is 1. The van der Waals surface area contributed by atoms with Gasteiger partial charge in [-0.05, 0) is 49.3 Å². The maximum atomic E-state index is 13.2. The van der Waals surface area contributed by atoms with Crippen molar-refractivity contribution in [1.82, 2.24) is 4.90 Å². The van der Waals surface area contributed by atoms with E-state index in [0.29, 0.717) is 24.6 Å². The average molecular weight is 365 g/mol. The summed E-state index contributed by atoms with van der Waals surface area (Å²) >= 11 is 0. The van der Waals surface area contributed by atoms with Gasteiger partial charge in [0.1, 0.15) is 6.10 Å². The van der Waals surface area contributed by atoms with Gasteiger partial charge in [-0.3, -0.25) is 4.79 Å². The number of halogens is 3. The summed E-state index contributed by atoms with van der Waals surface area (Å²) in [6, 6.07) is 5.33. The van der Waals surface area contributed by atoms with E-state index in [0.717, 1.165) is 50.7 Å². The summed E-state index contributed by atoms with van der Waals surface area (Å²) in [7, 11) is 0. The van der Waals surface area contributed by atoms with Crippen molar-refractivity contribution in [2.45, 2.75) is 56.3 Å². The van der Waals surface area contributed by atoms with E-state index in [4.69, 9.17) is 4.74 Å². The fourth-order valence-electron chi connectivity index (χ4n) is 4.93. The van der Waals surface area contributed by atoms with Gasteiger partial charge in [-0.25, -0.2) is 0 Å². The Kier molecular flexibility index (Phi) is 3.35. The zero-order valence-electron chi connectivity index (χ0n) is 14.5. The zero-order valence-corrected chi connectivity index (χ0v) is 14.5. The summed E-state index contributed by atoms with van der Waals surface area (Å²) in [5.74, 6) is 0.785. The second kappa shape index (κ2) is 5.24. The van der Waals surface area contributed by atoms with Gasteiger partial charge in [-0.2, -0.15) is 13.2 Å². The summed E-state index contributed by atoms with van der Waals surface area (Å²) in [5, 5.41) is 0. The van der Waals surface area contributed by atoms with Gasteiger partial charge in [0.2, 0.25) is 5.91 Å². The standard InChI is InChI=1S/C20H22F3NO2/c21-20(22,23)14-5-3-4-13(8-14)16-11-24(17(25)19-9-15(19)10-19)18(12-26-16)6-1-2-7-18/h3-5,8,15-16H,1-2,6-7,9-12H2. The predicted octanol–water partition coefficient (Wildman–Crippen LogP) is 4.33. The molecule has 1 heterocycles. The third-order valence-corrected chi connectivity index (χ3v) is 6.95. The monoisotopic (exact) mass is 365 g/mol. The lowest BCUT2D eigenvalue weighted by atomic mass is 9.90. The minimum absolute atomic E-state index is 0.120. The number of morpholine rings is 1. The van der Waals surface area contributed by atoms with E-state index in [2.05, 4.69) is 0 Å². The van der Waals surface area contributed by atoms with Crippen molar-refractivity contribution in [3.63, 3.8) is 0 Å². The van der Waals surface area contributed by atoms with Gasteiger partial charge < -0.3 is 9.64 Å². The molecule has 3 nitrogen and oxygen atoms in total. The highest BCUT2D eigenvalue weighted by Gasteiger charge is 2.76. The van der Waals surface area contributed by atoms with Crippen LogP contribution in [0.3, 0.4) is 0 Å². The first kappa shape index (κ1) is 16.6. The molecule has 1 saturated heterocycles. The van der Waals surface area contributed by atoms with E-state index in [9.17, 15) is 18.0 Å². The number of amides is 1. The van der Waals surface area contributed by atoms with E-state index < -0.39 is 17.8 Å². The number of alkyl halides is 3. The third kappa shape index (κ3) is 2.41. The maximum absolute atomic E-state index is 13.2. The molecule has 4 fully saturated rings. The summed E-state index contributed by atoms with van der Waals surface area (Å²) in [5.41, 5.74) is -0.517. The van der Waals surface area contributed by atoms with Gasteiger partial charge >= 0.3 is 6.18 Å². The van der Waals surface area contributed by atoms with Gasteiger partial charge in [0.25, 0.3) is 0 Å². The summed E-state index contributed by atoms with van der Waals surface area (Å²) in [6.07, 6.45) is 1.17. The van der Waals surface area contributed by atoms with Crippen LogP contribution in [0, 0.1) is 11.3 Å². The van der Waals surface area contributed by atoms with Gasteiger partial charge in [0.05, 0.1) is 29.7 Å². The molecule has 1 amide bonds. The Bertz CT molecular complexity index is 748. The molecule has 0 aromatic heterocycles. The second-order valence-corrected chi connectivity index (χ2v) is 8.53. The molecule has 0 radical (unpaired) electrons. The molecular formula is C20H22F3NO2. The quantitative estimate of drug-likeness (QED) is 0.781. The molecule has 1 atom stereocenters. The van der Waals surface area contributed by atoms with Gasteiger partial charge in [0, 0.05) is 0 Å². The Morgan fingerprint density at radius 1 is 1.19 bits per heavy atom. The summed E-state index contributed by atoms with van der Waals surface area (Å²) < 4.78 is 45.2. The SMILES string of the molecule is O=C(N1CC(c2cccc(C(F)(F)F)c2)OCC12CCCC2)C12CC1C2. The Hall–Kier alpha value is -1.56. The smallest absolute Gasteiger partial charge is 0.369 e. The number of hydrogen-bond donors (Lipinski definition) is 0. The van der Waals surface area contributed by atoms with Crippen molar-refractivity contribution >= 4 is 5.91 Å². The lowest BCUT2D eigenvalue weighted by Crippen LogP contribution is -2.59. The molecule has 26 heavy (non-hydrogen) atoms. The molecule has 0 N–H and O–H groups in total. The normalized spacial score (nSPS) is 34.7. The van der Waals surface area contributed by atoms with E-state index in [-0.39, 0.29) is 16.9 Å². The first-order valence-electron chi connectivity index (χ1n) is 9.45. The van der Waals surface area contributed by atoms with E-state index in [1.54, 1.807) is 6.07 Å². The topological polar surface area (TPSA) is 29.5 Å². The number of nitrogens with zero attached hydrogens (tertiary/aromatic N) is 1. The summed E-state index contributed by atoms with van der Waals surface area (Å²) in [4.78, 5) is 15.2. The summed E-state index contributed by atoms with van der Waals surface area (Å²) in [6.45, 7) is 0.801. The van der Waals surface area contributed by atoms with E-state index in [1.165, 1.54) is 6.07 Å². The fourth-order valence-corrected chi connectivity index (χ4v) is 4.93. The molecule has 3 saturated carbocycles. The van der Waals surface area contributed by atoms with Crippen LogP contribution in [0.15, 0.2) is 24.3 Å². The van der Waals surface area contributed by atoms with Crippen LogP contribution in [-0.2, 0) is 15.7 Å². The average Bonchev–Trinajstić information content (AvgIpc) is 3.44. The van der Waals surface area contributed by atoms with Crippen LogP contribution >= 0.6 is 0 Å². The van der Waals surface area contributed by atoms with Crippen molar-refractivity contribution in [2.75, 3.05) is 13.2 Å². The van der Waals surface area contributed by atoms with Crippen LogP contribution in [0.1, 0.15) is 55.8 Å². The molecule has 1 aliphatic heterocycles. The van der Waals surface area contributed by atoms with Gasteiger partial charge in [0.15, 0.2) is 0 Å². The predicted molar refractivity (Wildman–Crippen MR) is 88.2 cm³/mol. The van der Waals surface area contributed by atoms with Crippen molar-refractivity contribution in [2.24, 2.45) is 11.3 Å². The number of carbonyl (C=O) groups excluding carboxylic acids is 1. The van der Waals surface area contributed by atoms with Crippen LogP contribution in [0.4, 0.5) is 13.2 Å². The largest absolute Gasteiger partial charge is 0.416 e. The first-order valence-corrected chi connectivity index (χ1v) is 9.45. The molecule has 1 aromatic carbocycles. The van der Waals surface area contributed by atoms with Crippen molar-refractivity contribution in [3.8, 4) is 0 Å². The number of ether oxygens (including phenoxy) is 1. The Balaban J connectivity index is 1.43. The Morgan fingerprint density at radius 2 is 1.88 bits per heavy atom. The van der Waals surface area contributed by atoms with E-state index >= 15 is 0 Å². The Labute approximate surface area is 150 Å². The fraction of sp³-hybridized carbons (Fsp3) is 0.650. The number of rotatable bonds is 2. The first-order chi connectivity index (χ1) is 12.3. The van der Waals surface area contributed by atoms with Crippen molar-refractivity contribution in [1.29, 1.82) is 0 Å². The third-order valence-electron chi connectivity index (χ3n) is 6.95. The highest BCUT2D eigenvalue weighted by molar-refractivity contribution is 5.90. The van der Waals surface area contributed by atoms with Crippen LogP contribution in [0.25, 0.3) is 0 Å². The van der Waals surface area contributed by atoms with Gasteiger partial charge in [-0.15, -0.1) is 0 Å². The molecule has 6 heteroatoms. The minimum Gasteiger partial charge on any atom is -0.369 e. The lowest BCUT2D eigenvalue weighted by Gasteiger charge is -2.48. The number of fused-ring (bicyclic) bond motifs is 1. The molecule has 1 unspecified atom stereocenters. The molecular weight excluding hydrogens is 343 g/mol. The Morgan fingerprint density at radius 3 is 2.50 bits per heavy atom. The highest BCUT2D eigenvalue weighted by Crippen LogP contribution is 2.76. The molecule has 4 aliphatic rings. The van der Waals surface area contributed by atoms with E-state index in [1.807, 2.05) is 4.90 Å². The van der Waals surface area contributed by atoms with Crippen molar-refractivity contribution < 1.29 is 22.7 Å². The van der Waals surface area contributed by atoms with Crippen LogP contribution in [0.2, 0.25) is 0 Å². The molecule has 140 valence electrons. The van der Waals surface area contributed by atoms with Crippen LogP contribution in [-0.4, -0.2) is 29.5 Å². The van der Waals surface area contributed by atoms with Crippen LogP contribution < -0.4 is 0 Å². The molecule has 1 spiro atoms. The maximum Gasteiger partial charge on any atom is 0.416 e. The molecule has 0 bridgehead atoms. The second-order valence-electron chi connectivity index (χ2n) is 8.53. The number of hydrogen-bond acceptors (Lipinski definition) is 2. The molecule has 5 rings (SSSR count).